The maximum atomic E-state index is 4.25. The Labute approximate surface area is 123 Å². The molecule has 0 aliphatic rings. The average Bonchev–Trinajstić information content (AvgIpc) is 2.47. The molecule has 0 aliphatic carbocycles. The summed E-state index contributed by atoms with van der Waals surface area (Å²) in [7, 11) is 2.07. The maximum absolute atomic E-state index is 4.25. The van der Waals surface area contributed by atoms with Crippen LogP contribution in [0.25, 0.3) is 0 Å². The van der Waals surface area contributed by atoms with Crippen LogP contribution >= 0.6 is 0 Å². The number of aryl methyl sites for hydroxylation is 1. The molecule has 2 nitrogen and oxygen atoms in total. The van der Waals surface area contributed by atoms with E-state index in [0.717, 1.165) is 23.6 Å². The second-order valence-electron chi connectivity index (χ2n) is 5.10. The molecule has 1 atom stereocenters. The van der Waals surface area contributed by atoms with Gasteiger partial charge in [-0.25, -0.2) is 0 Å². The summed E-state index contributed by atoms with van der Waals surface area (Å²) in [5.41, 5.74) is 3.12. The van der Waals surface area contributed by atoms with Gasteiger partial charge in [0.2, 0.25) is 0 Å². The van der Waals surface area contributed by atoms with Gasteiger partial charge in [0.05, 0.1) is 5.69 Å². The van der Waals surface area contributed by atoms with Crippen LogP contribution in [-0.4, -0.2) is 18.0 Å². The zero-order valence-corrected chi connectivity index (χ0v) is 13.2. The fourth-order valence-electron chi connectivity index (χ4n) is 2.05. The molecule has 0 heterocycles. The van der Waals surface area contributed by atoms with Gasteiger partial charge in [0.15, 0.2) is 0 Å². The Hall–Kier alpha value is -1.96. The van der Waals surface area contributed by atoms with Gasteiger partial charge < -0.3 is 4.90 Å². The van der Waals surface area contributed by atoms with Crippen molar-refractivity contribution in [2.24, 2.45) is 0 Å². The Morgan fingerprint density at radius 1 is 1.30 bits per heavy atom. The number of hydrogen-bond acceptors (Lipinski definition) is 2. The van der Waals surface area contributed by atoms with Gasteiger partial charge in [-0.1, -0.05) is 44.9 Å². The molecular weight excluding hydrogens is 244 g/mol. The van der Waals surface area contributed by atoms with E-state index >= 15 is 0 Å². The van der Waals surface area contributed by atoms with Crippen LogP contribution < -0.4 is 4.90 Å². The molecule has 1 aromatic carbocycles. The van der Waals surface area contributed by atoms with Gasteiger partial charge in [-0.2, -0.15) is 0 Å². The van der Waals surface area contributed by atoms with E-state index < -0.39 is 0 Å². The molecule has 0 N–H and O–H groups in total. The van der Waals surface area contributed by atoms with Crippen LogP contribution in [0.3, 0.4) is 0 Å². The maximum Gasteiger partial charge on any atom is 0.106 e. The van der Waals surface area contributed by atoms with Gasteiger partial charge in [0.25, 0.3) is 0 Å². The highest BCUT2D eigenvalue weighted by molar-refractivity contribution is 5.63. The molecule has 20 heavy (non-hydrogen) atoms. The number of hydrogen-bond donors (Lipinski definition) is 0. The normalized spacial score (nSPS) is 11.6. The number of rotatable bonds is 7. The van der Waals surface area contributed by atoms with Crippen molar-refractivity contribution in [1.29, 1.82) is 0 Å². The highest BCUT2D eigenvalue weighted by atomic mass is 15.3. The number of para-hydroxylation sites is 1. The van der Waals surface area contributed by atoms with E-state index in [0.29, 0.717) is 6.04 Å². The first-order chi connectivity index (χ1) is 9.43. The van der Waals surface area contributed by atoms with Crippen molar-refractivity contribution >= 4 is 5.69 Å². The predicted octanol–water partition coefficient (Wildman–Crippen LogP) is 4.70. The second kappa shape index (κ2) is 6.99. The molecule has 0 spiro atoms. The zero-order chi connectivity index (χ0) is 15.3. The monoisotopic (exact) mass is 270 g/mol. The van der Waals surface area contributed by atoms with E-state index in [2.05, 4.69) is 69.5 Å². The molecule has 0 saturated heterocycles. The van der Waals surface area contributed by atoms with Crippen LogP contribution in [0.1, 0.15) is 25.8 Å². The van der Waals surface area contributed by atoms with Crippen molar-refractivity contribution < 1.29 is 0 Å². The van der Waals surface area contributed by atoms with Crippen molar-refractivity contribution in [3.05, 3.63) is 67.2 Å². The molecular formula is C18H26N2. The topological polar surface area (TPSA) is 6.48 Å². The lowest BCUT2D eigenvalue weighted by Crippen LogP contribution is -2.36. The summed E-state index contributed by atoms with van der Waals surface area (Å²) in [6, 6.07) is 8.66. The molecule has 0 aromatic heterocycles. The molecule has 108 valence electrons. The highest BCUT2D eigenvalue weighted by Gasteiger charge is 2.19. The summed E-state index contributed by atoms with van der Waals surface area (Å²) in [6.07, 6.45) is 2.83. The predicted molar refractivity (Wildman–Crippen MR) is 89.7 cm³/mol. The van der Waals surface area contributed by atoms with E-state index in [4.69, 9.17) is 0 Å². The summed E-state index contributed by atoms with van der Waals surface area (Å²) in [5.74, 6) is 0.915. The molecule has 0 fully saturated rings. The van der Waals surface area contributed by atoms with E-state index in [1.54, 1.807) is 6.08 Å². The Bertz CT molecular complexity index is 502. The van der Waals surface area contributed by atoms with E-state index in [9.17, 15) is 0 Å². The van der Waals surface area contributed by atoms with Gasteiger partial charge in [-0.15, -0.1) is 0 Å². The van der Waals surface area contributed by atoms with Gasteiger partial charge in [0.1, 0.15) is 5.82 Å². The van der Waals surface area contributed by atoms with E-state index in [1.165, 1.54) is 5.56 Å². The molecule has 1 rings (SSSR count). The SMILES string of the molecule is C=CC(=C)N(C(=C)N(C)C(C)CC)c1ccccc1C. The third-order valence-corrected chi connectivity index (χ3v) is 3.80. The summed E-state index contributed by atoms with van der Waals surface area (Å²) in [6.45, 7) is 18.7. The first-order valence-electron chi connectivity index (χ1n) is 7.02. The van der Waals surface area contributed by atoms with Crippen LogP contribution in [0, 0.1) is 6.92 Å². The Morgan fingerprint density at radius 2 is 1.90 bits per heavy atom. The average molecular weight is 270 g/mol. The first kappa shape index (κ1) is 16.1. The van der Waals surface area contributed by atoms with Crippen LogP contribution in [0.2, 0.25) is 0 Å². The van der Waals surface area contributed by atoms with E-state index in [1.807, 2.05) is 12.1 Å². The molecule has 1 aromatic rings. The molecule has 2 heteroatoms. The fourth-order valence-corrected chi connectivity index (χ4v) is 2.05. The summed E-state index contributed by atoms with van der Waals surface area (Å²) < 4.78 is 0. The van der Waals surface area contributed by atoms with Gasteiger partial charge in [0, 0.05) is 18.8 Å². The summed E-state index contributed by atoms with van der Waals surface area (Å²) >= 11 is 0. The number of benzene rings is 1. The second-order valence-corrected chi connectivity index (χ2v) is 5.10. The van der Waals surface area contributed by atoms with Crippen molar-refractivity contribution in [3.8, 4) is 0 Å². The number of allylic oxidation sites excluding steroid dienone is 1. The molecule has 0 radical (unpaired) electrons. The number of anilines is 1. The molecule has 1 unspecified atom stereocenters. The number of nitrogens with zero attached hydrogens (tertiary/aromatic N) is 2. The quantitative estimate of drug-likeness (QED) is 0.662. The molecule has 0 saturated carbocycles. The molecule has 0 bridgehead atoms. The van der Waals surface area contributed by atoms with E-state index in [-0.39, 0.29) is 0 Å². The largest absolute Gasteiger partial charge is 0.359 e. The van der Waals surface area contributed by atoms with Crippen LogP contribution in [0.5, 0.6) is 0 Å². The Balaban J connectivity index is 3.21. The summed E-state index contributed by atoms with van der Waals surface area (Å²) in [4.78, 5) is 4.25. The van der Waals surface area contributed by atoms with Crippen LogP contribution in [0.15, 0.2) is 61.6 Å². The third kappa shape index (κ3) is 3.32. The zero-order valence-electron chi connectivity index (χ0n) is 13.2. The molecule has 0 aliphatic heterocycles. The lowest BCUT2D eigenvalue weighted by atomic mass is 10.1. The van der Waals surface area contributed by atoms with Crippen molar-refractivity contribution in [2.45, 2.75) is 33.2 Å². The Kier molecular flexibility index (Phi) is 5.63. The molecule has 0 amide bonds. The van der Waals surface area contributed by atoms with Crippen molar-refractivity contribution in [3.63, 3.8) is 0 Å². The fraction of sp³-hybridized carbons (Fsp3) is 0.333. The lowest BCUT2D eigenvalue weighted by Gasteiger charge is -2.37. The standard InChI is InChI=1S/C18H26N2/c1-8-15(4)19(7)17(6)20(16(5)9-2)18-13-11-10-12-14(18)3/h9-13,15H,2,5-6,8H2,1,3-4,7H3. The minimum Gasteiger partial charge on any atom is -0.359 e. The van der Waals surface area contributed by atoms with Gasteiger partial charge >= 0.3 is 0 Å². The first-order valence-corrected chi connectivity index (χ1v) is 7.02. The highest BCUT2D eigenvalue weighted by Crippen LogP contribution is 2.28. The smallest absolute Gasteiger partial charge is 0.106 e. The Morgan fingerprint density at radius 3 is 2.40 bits per heavy atom. The lowest BCUT2D eigenvalue weighted by molar-refractivity contribution is 0.311. The van der Waals surface area contributed by atoms with Crippen LogP contribution in [0.4, 0.5) is 5.69 Å². The van der Waals surface area contributed by atoms with Gasteiger partial charge in [-0.3, -0.25) is 4.90 Å². The van der Waals surface area contributed by atoms with Crippen molar-refractivity contribution in [1.82, 2.24) is 4.90 Å². The minimum atomic E-state index is 0.423. The van der Waals surface area contributed by atoms with Crippen LogP contribution in [-0.2, 0) is 0 Å². The van der Waals surface area contributed by atoms with Gasteiger partial charge in [-0.05, 0) is 38.0 Å². The third-order valence-electron chi connectivity index (χ3n) is 3.80. The van der Waals surface area contributed by atoms with Crippen molar-refractivity contribution in [2.75, 3.05) is 11.9 Å². The summed E-state index contributed by atoms with van der Waals surface area (Å²) in [5, 5.41) is 0. The minimum absolute atomic E-state index is 0.423.